The standard InChI is InChI=1S/C15H30O/c1-14(2)11-9-7-5-3-4-6-8-10-12-15-13-16-15/h14-15H,3-13H2,1-2H3. The molecule has 0 saturated carbocycles. The number of unbranched alkanes of at least 4 members (excludes halogenated alkanes) is 7. The molecule has 1 aliphatic heterocycles. The molecule has 0 aliphatic carbocycles. The van der Waals surface area contributed by atoms with E-state index in [4.69, 9.17) is 4.74 Å². The largest absolute Gasteiger partial charge is 0.373 e. The molecular formula is C15H30O. The molecule has 1 unspecified atom stereocenters. The Labute approximate surface area is 102 Å². The molecule has 1 heterocycles. The molecule has 0 radical (unpaired) electrons. The fraction of sp³-hybridized carbons (Fsp3) is 1.00. The summed E-state index contributed by atoms with van der Waals surface area (Å²) in [7, 11) is 0. The highest BCUT2D eigenvalue weighted by Gasteiger charge is 2.20. The van der Waals surface area contributed by atoms with E-state index in [2.05, 4.69) is 13.8 Å². The van der Waals surface area contributed by atoms with Gasteiger partial charge in [-0.2, -0.15) is 0 Å². The highest BCUT2D eigenvalue weighted by molar-refractivity contribution is 4.68. The monoisotopic (exact) mass is 226 g/mol. The van der Waals surface area contributed by atoms with Crippen LogP contribution in [0.5, 0.6) is 0 Å². The van der Waals surface area contributed by atoms with Gasteiger partial charge in [0.15, 0.2) is 0 Å². The summed E-state index contributed by atoms with van der Waals surface area (Å²) in [4.78, 5) is 0. The fourth-order valence-corrected chi connectivity index (χ4v) is 2.22. The van der Waals surface area contributed by atoms with Crippen molar-refractivity contribution in [3.63, 3.8) is 0 Å². The van der Waals surface area contributed by atoms with E-state index in [1.54, 1.807) is 0 Å². The van der Waals surface area contributed by atoms with Crippen molar-refractivity contribution in [2.24, 2.45) is 5.92 Å². The zero-order chi connectivity index (χ0) is 11.6. The van der Waals surface area contributed by atoms with Crippen molar-refractivity contribution in [2.45, 2.75) is 84.2 Å². The highest BCUT2D eigenvalue weighted by Crippen LogP contribution is 2.18. The molecule has 0 amide bonds. The smallest absolute Gasteiger partial charge is 0.0810 e. The van der Waals surface area contributed by atoms with Crippen LogP contribution in [0.4, 0.5) is 0 Å². The van der Waals surface area contributed by atoms with Crippen molar-refractivity contribution < 1.29 is 4.74 Å². The lowest BCUT2D eigenvalue weighted by Gasteiger charge is -2.04. The summed E-state index contributed by atoms with van der Waals surface area (Å²) in [5.74, 6) is 0.893. The molecule has 1 heteroatoms. The van der Waals surface area contributed by atoms with Crippen LogP contribution in [0.25, 0.3) is 0 Å². The van der Waals surface area contributed by atoms with Crippen molar-refractivity contribution >= 4 is 0 Å². The Bertz CT molecular complexity index is 140. The van der Waals surface area contributed by atoms with Crippen LogP contribution in [0.3, 0.4) is 0 Å². The second-order valence-electron chi connectivity index (χ2n) is 5.75. The number of epoxide rings is 1. The van der Waals surface area contributed by atoms with Gasteiger partial charge in [0.05, 0.1) is 12.7 Å². The van der Waals surface area contributed by atoms with Crippen LogP contribution in [0.1, 0.15) is 78.1 Å². The van der Waals surface area contributed by atoms with Crippen molar-refractivity contribution in [2.75, 3.05) is 6.61 Å². The maximum absolute atomic E-state index is 5.20. The Balaban J connectivity index is 1.64. The van der Waals surface area contributed by atoms with Gasteiger partial charge in [-0.1, -0.05) is 71.6 Å². The van der Waals surface area contributed by atoms with Gasteiger partial charge in [-0.05, 0) is 12.3 Å². The Kier molecular flexibility index (Phi) is 7.92. The normalized spacial score (nSPS) is 19.3. The van der Waals surface area contributed by atoms with Gasteiger partial charge in [-0.25, -0.2) is 0 Å². The summed E-state index contributed by atoms with van der Waals surface area (Å²) in [5, 5.41) is 0. The molecule has 1 atom stereocenters. The minimum absolute atomic E-state index is 0.649. The molecule has 1 aliphatic rings. The first-order valence-electron chi connectivity index (χ1n) is 7.40. The predicted molar refractivity (Wildman–Crippen MR) is 70.7 cm³/mol. The minimum atomic E-state index is 0.649. The second kappa shape index (κ2) is 9.04. The first-order valence-corrected chi connectivity index (χ1v) is 7.40. The van der Waals surface area contributed by atoms with Gasteiger partial charge in [-0.3, -0.25) is 0 Å². The second-order valence-corrected chi connectivity index (χ2v) is 5.75. The third kappa shape index (κ3) is 9.21. The molecule has 1 saturated heterocycles. The van der Waals surface area contributed by atoms with E-state index in [0.717, 1.165) is 12.5 Å². The predicted octanol–water partition coefficient (Wildman–Crippen LogP) is 4.94. The molecule has 0 N–H and O–H groups in total. The van der Waals surface area contributed by atoms with Crippen LogP contribution < -0.4 is 0 Å². The van der Waals surface area contributed by atoms with Crippen LogP contribution >= 0.6 is 0 Å². The van der Waals surface area contributed by atoms with Crippen LogP contribution in [0.15, 0.2) is 0 Å². The topological polar surface area (TPSA) is 12.5 Å². The van der Waals surface area contributed by atoms with Crippen LogP contribution in [-0.4, -0.2) is 12.7 Å². The van der Waals surface area contributed by atoms with Crippen molar-refractivity contribution in [1.29, 1.82) is 0 Å². The quantitative estimate of drug-likeness (QED) is 0.359. The van der Waals surface area contributed by atoms with E-state index >= 15 is 0 Å². The van der Waals surface area contributed by atoms with Crippen LogP contribution in [0, 0.1) is 5.92 Å². The molecule has 0 bridgehead atoms. The SMILES string of the molecule is CC(C)CCCCCCCCCCC1CO1. The average molecular weight is 226 g/mol. The number of hydrogen-bond donors (Lipinski definition) is 0. The fourth-order valence-electron chi connectivity index (χ4n) is 2.22. The molecule has 0 spiro atoms. The van der Waals surface area contributed by atoms with Crippen molar-refractivity contribution in [1.82, 2.24) is 0 Å². The zero-order valence-corrected chi connectivity index (χ0v) is 11.3. The van der Waals surface area contributed by atoms with E-state index in [9.17, 15) is 0 Å². The summed E-state index contributed by atoms with van der Waals surface area (Å²) in [6.07, 6.45) is 14.9. The van der Waals surface area contributed by atoms with Crippen molar-refractivity contribution in [3.8, 4) is 0 Å². The average Bonchev–Trinajstić information content (AvgIpc) is 3.04. The van der Waals surface area contributed by atoms with Crippen LogP contribution in [-0.2, 0) is 4.74 Å². The third-order valence-electron chi connectivity index (χ3n) is 3.46. The molecule has 0 aromatic carbocycles. The Hall–Kier alpha value is -0.0400. The molecular weight excluding hydrogens is 196 g/mol. The first kappa shape index (κ1) is 14.0. The van der Waals surface area contributed by atoms with E-state index in [1.807, 2.05) is 0 Å². The number of rotatable bonds is 11. The Morgan fingerprint density at radius 1 is 0.875 bits per heavy atom. The number of ether oxygens (including phenoxy) is 1. The van der Waals surface area contributed by atoms with Gasteiger partial charge in [0.1, 0.15) is 0 Å². The summed E-state index contributed by atoms with van der Waals surface area (Å²) < 4.78 is 5.20. The maximum atomic E-state index is 5.20. The zero-order valence-electron chi connectivity index (χ0n) is 11.3. The lowest BCUT2D eigenvalue weighted by Crippen LogP contribution is -1.88. The van der Waals surface area contributed by atoms with E-state index in [1.165, 1.54) is 64.2 Å². The van der Waals surface area contributed by atoms with Gasteiger partial charge in [-0.15, -0.1) is 0 Å². The third-order valence-corrected chi connectivity index (χ3v) is 3.46. The van der Waals surface area contributed by atoms with Gasteiger partial charge >= 0.3 is 0 Å². The van der Waals surface area contributed by atoms with Gasteiger partial charge in [0, 0.05) is 0 Å². The molecule has 96 valence electrons. The lowest BCUT2D eigenvalue weighted by atomic mass is 10.0. The van der Waals surface area contributed by atoms with Gasteiger partial charge in [0.2, 0.25) is 0 Å². The molecule has 0 aromatic rings. The number of hydrogen-bond acceptors (Lipinski definition) is 1. The molecule has 0 aromatic heterocycles. The molecule has 1 fully saturated rings. The summed E-state index contributed by atoms with van der Waals surface area (Å²) >= 11 is 0. The molecule has 1 rings (SSSR count). The van der Waals surface area contributed by atoms with Gasteiger partial charge < -0.3 is 4.74 Å². The summed E-state index contributed by atoms with van der Waals surface area (Å²) in [6, 6.07) is 0. The lowest BCUT2D eigenvalue weighted by molar-refractivity contribution is 0.387. The maximum Gasteiger partial charge on any atom is 0.0810 e. The van der Waals surface area contributed by atoms with E-state index in [0.29, 0.717) is 6.10 Å². The van der Waals surface area contributed by atoms with E-state index < -0.39 is 0 Å². The first-order chi connectivity index (χ1) is 7.79. The summed E-state index contributed by atoms with van der Waals surface area (Å²) in [5.41, 5.74) is 0. The highest BCUT2D eigenvalue weighted by atomic mass is 16.6. The Morgan fingerprint density at radius 3 is 1.88 bits per heavy atom. The van der Waals surface area contributed by atoms with Gasteiger partial charge in [0.25, 0.3) is 0 Å². The Morgan fingerprint density at radius 2 is 1.38 bits per heavy atom. The minimum Gasteiger partial charge on any atom is -0.373 e. The molecule has 1 nitrogen and oxygen atoms in total. The van der Waals surface area contributed by atoms with E-state index in [-0.39, 0.29) is 0 Å². The van der Waals surface area contributed by atoms with Crippen LogP contribution in [0.2, 0.25) is 0 Å². The molecule has 16 heavy (non-hydrogen) atoms. The van der Waals surface area contributed by atoms with Crippen molar-refractivity contribution in [3.05, 3.63) is 0 Å². The summed E-state index contributed by atoms with van der Waals surface area (Å²) in [6.45, 7) is 5.68.